The van der Waals surface area contributed by atoms with Crippen LogP contribution in [0.4, 0.5) is 5.00 Å². The molecule has 2 N–H and O–H groups in total. The van der Waals surface area contributed by atoms with Crippen molar-refractivity contribution in [2.24, 2.45) is 0 Å². The molecule has 2 amide bonds. The van der Waals surface area contributed by atoms with Crippen LogP contribution in [0.15, 0.2) is 36.9 Å². The van der Waals surface area contributed by atoms with Crippen molar-refractivity contribution in [2.75, 3.05) is 12.4 Å². The van der Waals surface area contributed by atoms with E-state index in [0.29, 0.717) is 22.7 Å². The summed E-state index contributed by atoms with van der Waals surface area (Å²) in [7, 11) is 1.31. The molecule has 0 spiro atoms. The second-order valence-electron chi connectivity index (χ2n) is 5.55. The van der Waals surface area contributed by atoms with Crippen molar-refractivity contribution < 1.29 is 19.1 Å². The Balaban J connectivity index is 2.13. The lowest BCUT2D eigenvalue weighted by Gasteiger charge is -2.07. The molecule has 0 radical (unpaired) electrons. The molecular formula is C19H20N2O4S. The van der Waals surface area contributed by atoms with E-state index in [2.05, 4.69) is 17.2 Å². The zero-order valence-electron chi connectivity index (χ0n) is 14.8. The van der Waals surface area contributed by atoms with E-state index >= 15 is 0 Å². The molecule has 1 aromatic heterocycles. The third kappa shape index (κ3) is 4.37. The van der Waals surface area contributed by atoms with E-state index in [-0.39, 0.29) is 11.8 Å². The van der Waals surface area contributed by atoms with Gasteiger partial charge in [0.1, 0.15) is 5.00 Å². The molecule has 1 aromatic carbocycles. The number of nitrogens with one attached hydrogen (secondary N) is 2. The lowest BCUT2D eigenvalue weighted by Crippen LogP contribution is -2.20. The van der Waals surface area contributed by atoms with Gasteiger partial charge in [-0.15, -0.1) is 11.3 Å². The van der Waals surface area contributed by atoms with E-state index in [1.807, 2.05) is 13.8 Å². The summed E-state index contributed by atoms with van der Waals surface area (Å²) in [6, 6.07) is 6.83. The molecule has 0 aliphatic rings. The number of anilines is 1. The molecule has 0 bridgehead atoms. The van der Waals surface area contributed by atoms with Crippen molar-refractivity contribution in [1.82, 2.24) is 5.32 Å². The number of esters is 1. The van der Waals surface area contributed by atoms with Gasteiger partial charge >= 0.3 is 5.97 Å². The third-order valence-electron chi connectivity index (χ3n) is 3.87. The molecule has 0 unspecified atom stereocenters. The molecule has 2 aromatic rings. The Morgan fingerprint density at radius 1 is 1.19 bits per heavy atom. The Morgan fingerprint density at radius 3 is 2.42 bits per heavy atom. The van der Waals surface area contributed by atoms with Crippen LogP contribution in [-0.4, -0.2) is 24.9 Å². The fourth-order valence-corrected chi connectivity index (χ4v) is 3.32. The summed E-state index contributed by atoms with van der Waals surface area (Å²) in [5.74, 6) is -1.06. The molecule has 1 heterocycles. The summed E-state index contributed by atoms with van der Waals surface area (Å²) in [6.45, 7) is 7.44. The molecular weight excluding hydrogens is 352 g/mol. The Bertz CT molecular complexity index is 853. The fraction of sp³-hybridized carbons (Fsp3) is 0.211. The summed E-state index contributed by atoms with van der Waals surface area (Å²) >= 11 is 1.33. The van der Waals surface area contributed by atoms with Crippen LogP contribution in [0.3, 0.4) is 0 Å². The number of thiophene rings is 1. The number of aryl methyl sites for hydroxylation is 1. The topological polar surface area (TPSA) is 84.5 Å². The van der Waals surface area contributed by atoms with Crippen LogP contribution in [0.2, 0.25) is 0 Å². The van der Waals surface area contributed by atoms with Crippen LogP contribution < -0.4 is 10.6 Å². The quantitative estimate of drug-likeness (QED) is 0.602. The number of methoxy groups -OCH3 is 1. The van der Waals surface area contributed by atoms with Crippen LogP contribution in [0.25, 0.3) is 0 Å². The van der Waals surface area contributed by atoms with E-state index in [1.165, 1.54) is 24.5 Å². The zero-order chi connectivity index (χ0) is 19.3. The first kappa shape index (κ1) is 19.4. The zero-order valence-corrected chi connectivity index (χ0v) is 15.7. The summed E-state index contributed by atoms with van der Waals surface area (Å²) in [4.78, 5) is 36.6. The van der Waals surface area contributed by atoms with Gasteiger partial charge in [-0.3, -0.25) is 9.59 Å². The van der Waals surface area contributed by atoms with Gasteiger partial charge in [0.15, 0.2) is 0 Å². The average Bonchev–Trinajstić information content (AvgIpc) is 2.92. The molecule has 2 rings (SSSR count). The third-order valence-corrected chi connectivity index (χ3v) is 4.99. The lowest BCUT2D eigenvalue weighted by atomic mass is 10.1. The van der Waals surface area contributed by atoms with E-state index in [1.54, 1.807) is 24.3 Å². The monoisotopic (exact) mass is 372 g/mol. The summed E-state index contributed by atoms with van der Waals surface area (Å²) in [6.07, 6.45) is 1.20. The van der Waals surface area contributed by atoms with Gasteiger partial charge in [0.05, 0.1) is 12.7 Å². The standard InChI is InChI=1S/C19H20N2O4S/c1-5-15(22)20-10-13-6-8-14(9-7-13)17(23)21-18-16(19(24)25-4)11(2)12(3)26-18/h5-9H,1,10H2,2-4H3,(H,20,22)(H,21,23). The van der Waals surface area contributed by atoms with Crippen molar-refractivity contribution in [2.45, 2.75) is 20.4 Å². The van der Waals surface area contributed by atoms with Gasteiger partial charge in [0.2, 0.25) is 5.91 Å². The number of amides is 2. The average molecular weight is 372 g/mol. The maximum absolute atomic E-state index is 12.5. The number of hydrogen-bond donors (Lipinski definition) is 2. The molecule has 0 atom stereocenters. The highest BCUT2D eigenvalue weighted by atomic mass is 32.1. The van der Waals surface area contributed by atoms with Crippen molar-refractivity contribution in [3.63, 3.8) is 0 Å². The SMILES string of the molecule is C=CC(=O)NCc1ccc(C(=O)Nc2sc(C)c(C)c2C(=O)OC)cc1. The minimum Gasteiger partial charge on any atom is -0.465 e. The molecule has 7 heteroatoms. The maximum atomic E-state index is 12.5. The minimum absolute atomic E-state index is 0.259. The van der Waals surface area contributed by atoms with Gasteiger partial charge in [-0.25, -0.2) is 4.79 Å². The summed E-state index contributed by atoms with van der Waals surface area (Å²) in [5, 5.41) is 5.91. The Labute approximate surface area is 155 Å². The van der Waals surface area contributed by atoms with Crippen molar-refractivity contribution in [1.29, 1.82) is 0 Å². The molecule has 26 heavy (non-hydrogen) atoms. The first-order valence-electron chi connectivity index (χ1n) is 7.86. The van der Waals surface area contributed by atoms with Crippen LogP contribution in [0, 0.1) is 13.8 Å². The first-order chi connectivity index (χ1) is 12.4. The highest BCUT2D eigenvalue weighted by molar-refractivity contribution is 7.16. The molecule has 136 valence electrons. The number of ether oxygens (including phenoxy) is 1. The molecule has 0 saturated carbocycles. The minimum atomic E-state index is -0.476. The predicted molar refractivity (Wildman–Crippen MR) is 102 cm³/mol. The molecule has 0 fully saturated rings. The number of hydrogen-bond acceptors (Lipinski definition) is 5. The van der Waals surface area contributed by atoms with Gasteiger partial charge in [0, 0.05) is 17.0 Å². The van der Waals surface area contributed by atoms with E-state index < -0.39 is 5.97 Å². The van der Waals surface area contributed by atoms with Crippen molar-refractivity contribution in [3.8, 4) is 0 Å². The highest BCUT2D eigenvalue weighted by Crippen LogP contribution is 2.33. The van der Waals surface area contributed by atoms with E-state index in [0.717, 1.165) is 16.0 Å². The van der Waals surface area contributed by atoms with Gasteiger partial charge in [-0.1, -0.05) is 18.7 Å². The van der Waals surface area contributed by atoms with Crippen LogP contribution in [0.5, 0.6) is 0 Å². The van der Waals surface area contributed by atoms with Crippen molar-refractivity contribution >= 4 is 34.1 Å². The maximum Gasteiger partial charge on any atom is 0.341 e. The predicted octanol–water partition coefficient (Wildman–Crippen LogP) is 3.21. The molecule has 0 saturated heterocycles. The van der Waals surface area contributed by atoms with Gasteiger partial charge in [0.25, 0.3) is 5.91 Å². The molecule has 0 aliphatic carbocycles. The van der Waals surface area contributed by atoms with Crippen LogP contribution in [0.1, 0.15) is 36.7 Å². The smallest absolute Gasteiger partial charge is 0.341 e. The lowest BCUT2D eigenvalue weighted by molar-refractivity contribution is -0.116. The molecule has 0 aliphatic heterocycles. The van der Waals surface area contributed by atoms with Gasteiger partial charge < -0.3 is 15.4 Å². The van der Waals surface area contributed by atoms with E-state index in [4.69, 9.17) is 4.74 Å². The first-order valence-corrected chi connectivity index (χ1v) is 8.67. The summed E-state index contributed by atoms with van der Waals surface area (Å²) in [5.41, 5.74) is 2.48. The van der Waals surface area contributed by atoms with Gasteiger partial charge in [-0.05, 0) is 43.2 Å². The number of rotatable bonds is 6. The Hall–Kier alpha value is -2.93. The second kappa shape index (κ2) is 8.44. The van der Waals surface area contributed by atoms with E-state index in [9.17, 15) is 14.4 Å². The fourth-order valence-electron chi connectivity index (χ4n) is 2.27. The second-order valence-corrected chi connectivity index (χ2v) is 6.78. The van der Waals surface area contributed by atoms with Gasteiger partial charge in [-0.2, -0.15) is 0 Å². The number of carbonyl (C=O) groups excluding carboxylic acids is 3. The van der Waals surface area contributed by atoms with Crippen LogP contribution in [-0.2, 0) is 16.1 Å². The normalized spacial score (nSPS) is 10.1. The van der Waals surface area contributed by atoms with Crippen LogP contribution >= 0.6 is 11.3 Å². The number of benzene rings is 1. The van der Waals surface area contributed by atoms with Crippen molar-refractivity contribution in [3.05, 3.63) is 64.1 Å². The largest absolute Gasteiger partial charge is 0.465 e. The Morgan fingerprint density at radius 2 is 1.85 bits per heavy atom. The highest BCUT2D eigenvalue weighted by Gasteiger charge is 2.21. The summed E-state index contributed by atoms with van der Waals surface area (Å²) < 4.78 is 4.80. The number of carbonyl (C=O) groups is 3. The Kier molecular flexibility index (Phi) is 6.30. The molecule has 6 nitrogen and oxygen atoms in total.